The molecule has 0 saturated heterocycles. The molecule has 1 aromatic carbocycles. The van der Waals surface area contributed by atoms with Gasteiger partial charge in [-0.15, -0.1) is 0 Å². The monoisotopic (exact) mass is 299 g/mol. The normalized spacial score (nSPS) is 13.7. The smallest absolute Gasteiger partial charge is 0.227 e. The Bertz CT molecular complexity index is 653. The zero-order chi connectivity index (χ0) is 15.4. The van der Waals surface area contributed by atoms with Crippen LogP contribution in [-0.2, 0) is 11.2 Å². The minimum Gasteiger partial charge on any atom is -0.370 e. The number of pyridine rings is 1. The lowest BCUT2D eigenvalue weighted by atomic mass is 10.1. The fourth-order valence-corrected chi connectivity index (χ4v) is 2.19. The second kappa shape index (κ2) is 6.56. The predicted molar refractivity (Wildman–Crippen MR) is 84.2 cm³/mol. The number of carbonyl (C=O) groups is 1. The fourth-order valence-electron chi connectivity index (χ4n) is 2.19. The molecule has 0 bridgehead atoms. The summed E-state index contributed by atoms with van der Waals surface area (Å²) in [6.45, 7) is 0.599. The van der Waals surface area contributed by atoms with E-state index in [1.807, 2.05) is 18.2 Å². The number of nitrogens with zero attached hydrogens (tertiary/aromatic N) is 1. The van der Waals surface area contributed by atoms with Gasteiger partial charge in [0.05, 0.1) is 11.9 Å². The minimum atomic E-state index is -0.185. The van der Waals surface area contributed by atoms with Crippen LogP contribution in [0.25, 0.3) is 0 Å². The highest BCUT2D eigenvalue weighted by atomic mass is 19.1. The van der Waals surface area contributed by atoms with E-state index in [4.69, 9.17) is 0 Å². The van der Waals surface area contributed by atoms with Crippen LogP contribution in [0.1, 0.15) is 18.4 Å². The molecule has 1 aromatic heterocycles. The van der Waals surface area contributed by atoms with Gasteiger partial charge in [0.25, 0.3) is 0 Å². The number of nitrogens with one attached hydrogen (secondary N) is 2. The van der Waals surface area contributed by atoms with Crippen molar-refractivity contribution in [2.45, 2.75) is 19.3 Å². The van der Waals surface area contributed by atoms with Crippen LogP contribution in [0, 0.1) is 11.7 Å². The summed E-state index contributed by atoms with van der Waals surface area (Å²) in [5.74, 6) is 0.775. The van der Waals surface area contributed by atoms with Gasteiger partial charge in [-0.05, 0) is 43.0 Å². The molecule has 1 aliphatic carbocycles. The van der Waals surface area contributed by atoms with Crippen molar-refractivity contribution in [3.63, 3.8) is 0 Å². The van der Waals surface area contributed by atoms with Crippen LogP contribution >= 0.6 is 0 Å². The Morgan fingerprint density at radius 2 is 2.05 bits per heavy atom. The second-order valence-corrected chi connectivity index (χ2v) is 5.46. The van der Waals surface area contributed by atoms with E-state index in [1.54, 1.807) is 18.3 Å². The van der Waals surface area contributed by atoms with Crippen molar-refractivity contribution in [2.75, 3.05) is 17.2 Å². The first-order valence-corrected chi connectivity index (χ1v) is 7.46. The third-order valence-electron chi connectivity index (χ3n) is 3.64. The third-order valence-corrected chi connectivity index (χ3v) is 3.64. The van der Waals surface area contributed by atoms with Crippen molar-refractivity contribution >= 4 is 17.4 Å². The molecule has 2 N–H and O–H groups in total. The van der Waals surface area contributed by atoms with E-state index in [9.17, 15) is 9.18 Å². The molecule has 1 aliphatic rings. The number of rotatable bonds is 6. The average Bonchev–Trinajstić information content (AvgIpc) is 3.36. The maximum absolute atomic E-state index is 13.5. The molecular formula is C17H18FN3O. The first-order valence-electron chi connectivity index (χ1n) is 7.46. The highest BCUT2D eigenvalue weighted by molar-refractivity contribution is 5.93. The Kier molecular flexibility index (Phi) is 4.32. The number of amides is 1. The van der Waals surface area contributed by atoms with E-state index in [-0.39, 0.29) is 17.6 Å². The summed E-state index contributed by atoms with van der Waals surface area (Å²) < 4.78 is 13.5. The minimum absolute atomic E-state index is 0.0714. The van der Waals surface area contributed by atoms with Gasteiger partial charge in [0.15, 0.2) is 0 Å². The molecule has 3 rings (SSSR count). The summed E-state index contributed by atoms with van der Waals surface area (Å²) in [5, 5.41) is 5.99. The molecule has 0 radical (unpaired) electrons. The fraction of sp³-hybridized carbons (Fsp3) is 0.294. The summed E-state index contributed by atoms with van der Waals surface area (Å²) in [7, 11) is 0. The molecule has 0 atom stereocenters. The van der Waals surface area contributed by atoms with Crippen LogP contribution in [0.3, 0.4) is 0 Å². The number of anilines is 2. The summed E-state index contributed by atoms with van der Waals surface area (Å²) in [6.07, 6.45) is 4.18. The summed E-state index contributed by atoms with van der Waals surface area (Å²) in [6, 6.07) is 10.4. The van der Waals surface area contributed by atoms with Gasteiger partial charge in [0.1, 0.15) is 11.6 Å². The molecule has 1 heterocycles. The van der Waals surface area contributed by atoms with Gasteiger partial charge in [0.2, 0.25) is 5.91 Å². The van der Waals surface area contributed by atoms with Gasteiger partial charge in [0, 0.05) is 12.5 Å². The van der Waals surface area contributed by atoms with Crippen LogP contribution in [0.5, 0.6) is 0 Å². The number of hydrogen-bond donors (Lipinski definition) is 2. The maximum Gasteiger partial charge on any atom is 0.227 e. The van der Waals surface area contributed by atoms with Gasteiger partial charge >= 0.3 is 0 Å². The van der Waals surface area contributed by atoms with E-state index in [1.165, 1.54) is 6.07 Å². The molecule has 0 spiro atoms. The quantitative estimate of drug-likeness (QED) is 0.861. The molecule has 5 heteroatoms. The molecular weight excluding hydrogens is 281 g/mol. The van der Waals surface area contributed by atoms with Crippen molar-refractivity contribution in [1.29, 1.82) is 0 Å². The average molecular weight is 299 g/mol. The Balaban J connectivity index is 1.48. The van der Waals surface area contributed by atoms with E-state index in [2.05, 4.69) is 15.6 Å². The molecule has 4 nitrogen and oxygen atoms in total. The van der Waals surface area contributed by atoms with Gasteiger partial charge in [-0.2, -0.15) is 0 Å². The van der Waals surface area contributed by atoms with Crippen molar-refractivity contribution in [2.24, 2.45) is 5.92 Å². The molecule has 0 aliphatic heterocycles. The first kappa shape index (κ1) is 14.5. The molecule has 1 amide bonds. The largest absolute Gasteiger partial charge is 0.370 e. The lowest BCUT2D eigenvalue weighted by molar-refractivity contribution is -0.117. The Labute approximate surface area is 128 Å². The predicted octanol–water partition coefficient (Wildman–Crippen LogP) is 3.22. The van der Waals surface area contributed by atoms with Crippen LogP contribution < -0.4 is 10.6 Å². The van der Waals surface area contributed by atoms with Crippen LogP contribution in [0.4, 0.5) is 15.9 Å². The molecule has 1 saturated carbocycles. The third kappa shape index (κ3) is 3.81. The van der Waals surface area contributed by atoms with E-state index in [0.29, 0.717) is 30.0 Å². The topological polar surface area (TPSA) is 54.0 Å². The van der Waals surface area contributed by atoms with Crippen molar-refractivity contribution in [3.05, 3.63) is 54.0 Å². The first-order chi connectivity index (χ1) is 10.7. The zero-order valence-corrected chi connectivity index (χ0v) is 12.2. The molecule has 2 aromatic rings. The number of halogens is 1. The Hall–Kier alpha value is -2.43. The highest BCUT2D eigenvalue weighted by Crippen LogP contribution is 2.30. The Morgan fingerprint density at radius 3 is 2.73 bits per heavy atom. The van der Waals surface area contributed by atoms with Crippen molar-refractivity contribution in [3.8, 4) is 0 Å². The molecule has 22 heavy (non-hydrogen) atoms. The highest BCUT2D eigenvalue weighted by Gasteiger charge is 2.29. The van der Waals surface area contributed by atoms with E-state index >= 15 is 0 Å². The van der Waals surface area contributed by atoms with Crippen molar-refractivity contribution in [1.82, 2.24) is 4.98 Å². The van der Waals surface area contributed by atoms with Gasteiger partial charge in [-0.3, -0.25) is 4.79 Å². The van der Waals surface area contributed by atoms with Gasteiger partial charge in [-0.1, -0.05) is 18.2 Å². The molecule has 0 unspecified atom stereocenters. The maximum atomic E-state index is 13.5. The second-order valence-electron chi connectivity index (χ2n) is 5.46. The molecule has 1 fully saturated rings. The number of carbonyl (C=O) groups excluding carboxylic acids is 1. The number of aromatic nitrogens is 1. The van der Waals surface area contributed by atoms with Crippen molar-refractivity contribution < 1.29 is 9.18 Å². The van der Waals surface area contributed by atoms with Gasteiger partial charge in [-0.25, -0.2) is 9.37 Å². The van der Waals surface area contributed by atoms with E-state index < -0.39 is 0 Å². The summed E-state index contributed by atoms with van der Waals surface area (Å²) >= 11 is 0. The molecule has 114 valence electrons. The lowest BCUT2D eigenvalue weighted by Crippen LogP contribution is -2.13. The van der Waals surface area contributed by atoms with Crippen LogP contribution in [-0.4, -0.2) is 17.4 Å². The number of hydrogen-bond acceptors (Lipinski definition) is 3. The summed E-state index contributed by atoms with van der Waals surface area (Å²) in [5.41, 5.74) is 1.39. The zero-order valence-electron chi connectivity index (χ0n) is 12.2. The van der Waals surface area contributed by atoms with E-state index in [0.717, 1.165) is 12.8 Å². The summed E-state index contributed by atoms with van der Waals surface area (Å²) in [4.78, 5) is 15.9. The Morgan fingerprint density at radius 1 is 1.23 bits per heavy atom. The van der Waals surface area contributed by atoms with Crippen LogP contribution in [0.2, 0.25) is 0 Å². The SMILES string of the molecule is O=C(Nc1ccc(NCCc2ccccc2F)nc1)C1CC1. The number of benzene rings is 1. The lowest BCUT2D eigenvalue weighted by Gasteiger charge is -2.08. The van der Waals surface area contributed by atoms with Crippen LogP contribution in [0.15, 0.2) is 42.6 Å². The standard InChI is InChI=1S/C17H18FN3O/c18-15-4-2-1-3-12(15)9-10-19-16-8-7-14(11-20-16)21-17(22)13-5-6-13/h1-4,7-8,11,13H,5-6,9-10H2,(H,19,20)(H,21,22). The van der Waals surface area contributed by atoms with Gasteiger partial charge < -0.3 is 10.6 Å².